The summed E-state index contributed by atoms with van der Waals surface area (Å²) in [6.45, 7) is 21.4. The van der Waals surface area contributed by atoms with Crippen molar-refractivity contribution < 1.29 is 9.53 Å². The van der Waals surface area contributed by atoms with E-state index in [0.717, 1.165) is 35.7 Å². The van der Waals surface area contributed by atoms with Gasteiger partial charge in [-0.05, 0) is 117 Å². The van der Waals surface area contributed by atoms with Crippen LogP contribution in [0.15, 0.2) is 23.8 Å². The van der Waals surface area contributed by atoms with Gasteiger partial charge in [-0.15, -0.1) is 0 Å². The van der Waals surface area contributed by atoms with E-state index in [0.29, 0.717) is 22.7 Å². The summed E-state index contributed by atoms with van der Waals surface area (Å²) >= 11 is 0. The molecule has 0 aliphatic heterocycles. The van der Waals surface area contributed by atoms with Gasteiger partial charge in [-0.2, -0.15) is 0 Å². The van der Waals surface area contributed by atoms with Crippen LogP contribution in [0, 0.1) is 57.2 Å². The van der Waals surface area contributed by atoms with E-state index in [4.69, 9.17) is 4.74 Å². The summed E-state index contributed by atoms with van der Waals surface area (Å²) in [7, 11) is 0. The summed E-state index contributed by atoms with van der Waals surface area (Å²) in [6.07, 6.45) is 19.4. The number of ether oxygens (including phenoxy) is 1. The molecule has 0 saturated heterocycles. The summed E-state index contributed by atoms with van der Waals surface area (Å²) in [5.74, 6) is 4.41. The van der Waals surface area contributed by atoms with Gasteiger partial charge in [0.2, 0.25) is 0 Å². The van der Waals surface area contributed by atoms with Crippen LogP contribution in [-0.4, -0.2) is 11.6 Å². The van der Waals surface area contributed by atoms with Crippen LogP contribution in [0.25, 0.3) is 0 Å². The maximum Gasteiger partial charge on any atom is 0.338 e. The fourth-order valence-electron chi connectivity index (χ4n) is 10.1. The number of allylic oxidation sites excluding steroid dienone is 2. The van der Waals surface area contributed by atoms with Crippen molar-refractivity contribution in [3.05, 3.63) is 23.8 Å². The lowest BCUT2D eigenvalue weighted by Gasteiger charge is -2.57. The molecule has 0 heterocycles. The van der Waals surface area contributed by atoms with Crippen molar-refractivity contribution in [2.24, 2.45) is 57.2 Å². The molecular formula is C35H56O2. The fourth-order valence-corrected chi connectivity index (χ4v) is 10.1. The first kappa shape index (κ1) is 27.5. The molecule has 5 rings (SSSR count). The van der Waals surface area contributed by atoms with Crippen LogP contribution in [0.3, 0.4) is 0 Å². The molecule has 1 spiro atoms. The molecule has 0 amide bonds. The highest BCUT2D eigenvalue weighted by molar-refractivity contribution is 5.92. The predicted molar refractivity (Wildman–Crippen MR) is 154 cm³/mol. The van der Waals surface area contributed by atoms with Gasteiger partial charge >= 0.3 is 5.97 Å². The summed E-state index contributed by atoms with van der Waals surface area (Å²) in [6, 6.07) is 0. The van der Waals surface area contributed by atoms with Gasteiger partial charge in [0.25, 0.3) is 0 Å². The Kier molecular flexibility index (Phi) is 6.68. The highest BCUT2D eigenvalue weighted by Crippen LogP contribution is 2.83. The standard InChI is InChI=1S/C35H56O2/c1-10-31(4,5)22-28(32(6,7)11-2)25-12-14-26(15-13-25)30(36)37-33(8,9)34-17-16-24-18-23(3)35(29(34)19-24)21-27(35)20-34/h12,14-15,23-25,27-29H,10-11,13,16-22H2,1-9H3. The Morgan fingerprint density at radius 3 is 2.43 bits per heavy atom. The maximum absolute atomic E-state index is 13.6. The first-order valence-electron chi connectivity index (χ1n) is 15.8. The topological polar surface area (TPSA) is 26.3 Å². The number of carbonyl (C=O) groups excluding carboxylic acids is 1. The number of hydrogen-bond acceptors (Lipinski definition) is 2. The van der Waals surface area contributed by atoms with E-state index >= 15 is 0 Å². The summed E-state index contributed by atoms with van der Waals surface area (Å²) in [5, 5.41) is 0. The van der Waals surface area contributed by atoms with Crippen LogP contribution in [0.4, 0.5) is 0 Å². The molecule has 208 valence electrons. The van der Waals surface area contributed by atoms with Gasteiger partial charge in [-0.25, -0.2) is 4.79 Å². The van der Waals surface area contributed by atoms with E-state index in [9.17, 15) is 4.79 Å². The van der Waals surface area contributed by atoms with E-state index in [-0.39, 0.29) is 16.8 Å². The van der Waals surface area contributed by atoms with Gasteiger partial charge in [0, 0.05) is 5.41 Å². The average molecular weight is 509 g/mol. The Morgan fingerprint density at radius 1 is 1.08 bits per heavy atom. The number of carbonyl (C=O) groups is 1. The number of esters is 1. The lowest BCUT2D eigenvalue weighted by molar-refractivity contribution is -0.186. The van der Waals surface area contributed by atoms with Gasteiger partial charge < -0.3 is 4.74 Å². The Bertz CT molecular complexity index is 966. The van der Waals surface area contributed by atoms with E-state index in [1.54, 1.807) is 0 Å². The van der Waals surface area contributed by atoms with Crippen LogP contribution in [0.2, 0.25) is 0 Å². The Balaban J connectivity index is 1.29. The second-order valence-corrected chi connectivity index (χ2v) is 16.2. The van der Waals surface area contributed by atoms with Crippen molar-refractivity contribution in [1.82, 2.24) is 0 Å². The van der Waals surface area contributed by atoms with Gasteiger partial charge in [-0.3, -0.25) is 0 Å². The number of fused-ring (bicyclic) bond motifs is 1. The molecule has 5 aliphatic rings. The molecule has 2 heteroatoms. The second-order valence-electron chi connectivity index (χ2n) is 16.2. The minimum absolute atomic E-state index is 0.0881. The van der Waals surface area contributed by atoms with Crippen LogP contribution < -0.4 is 0 Å². The molecule has 0 radical (unpaired) electrons. The molecule has 0 aromatic carbocycles. The first-order chi connectivity index (χ1) is 17.2. The second kappa shape index (κ2) is 8.99. The smallest absolute Gasteiger partial charge is 0.338 e. The molecule has 37 heavy (non-hydrogen) atoms. The summed E-state index contributed by atoms with van der Waals surface area (Å²) < 4.78 is 6.55. The molecular weight excluding hydrogens is 452 g/mol. The van der Waals surface area contributed by atoms with Crippen molar-refractivity contribution in [2.75, 3.05) is 0 Å². The Morgan fingerprint density at radius 2 is 1.81 bits per heavy atom. The molecule has 4 fully saturated rings. The van der Waals surface area contributed by atoms with E-state index in [2.05, 4.69) is 80.5 Å². The van der Waals surface area contributed by atoms with Crippen molar-refractivity contribution in [2.45, 2.75) is 132 Å². The Labute approximate surface area is 228 Å². The van der Waals surface area contributed by atoms with Gasteiger partial charge in [0.1, 0.15) is 5.60 Å². The molecule has 5 aliphatic carbocycles. The first-order valence-corrected chi connectivity index (χ1v) is 15.8. The fraction of sp³-hybridized carbons (Fsp3) is 0.857. The molecule has 0 aromatic rings. The highest BCUT2D eigenvalue weighted by atomic mass is 16.6. The highest BCUT2D eigenvalue weighted by Gasteiger charge is 2.78. The van der Waals surface area contributed by atoms with Crippen LogP contribution >= 0.6 is 0 Å². The van der Waals surface area contributed by atoms with Gasteiger partial charge in [-0.1, -0.05) is 79.5 Å². The monoisotopic (exact) mass is 508 g/mol. The van der Waals surface area contributed by atoms with E-state index in [1.165, 1.54) is 57.8 Å². The van der Waals surface area contributed by atoms with Crippen LogP contribution in [0.1, 0.15) is 127 Å². The number of hydrogen-bond donors (Lipinski definition) is 0. The zero-order valence-electron chi connectivity index (χ0n) is 25.6. The minimum atomic E-state index is -0.402. The van der Waals surface area contributed by atoms with E-state index < -0.39 is 5.60 Å². The molecule has 0 N–H and O–H groups in total. The average Bonchev–Trinajstić information content (AvgIpc) is 3.47. The third-order valence-corrected chi connectivity index (χ3v) is 13.4. The predicted octanol–water partition coefficient (Wildman–Crippen LogP) is 9.54. The SMILES string of the molecule is CCC(C)(C)CC(C1C=CC(C(=O)OC(C)(C)C23CCC4CC(C)C5(CC5C2)C3C4)=CC1)C(C)(C)CC. The molecule has 2 bridgehead atoms. The van der Waals surface area contributed by atoms with Gasteiger partial charge in [0.15, 0.2) is 0 Å². The largest absolute Gasteiger partial charge is 0.455 e. The third-order valence-electron chi connectivity index (χ3n) is 13.4. The summed E-state index contributed by atoms with van der Waals surface area (Å²) in [4.78, 5) is 13.6. The quantitative estimate of drug-likeness (QED) is 0.290. The maximum atomic E-state index is 13.6. The zero-order chi connectivity index (χ0) is 27.0. The zero-order valence-corrected chi connectivity index (χ0v) is 25.6. The van der Waals surface area contributed by atoms with Crippen molar-refractivity contribution >= 4 is 5.97 Å². The lowest BCUT2D eigenvalue weighted by Crippen LogP contribution is -2.56. The lowest BCUT2D eigenvalue weighted by atomic mass is 9.49. The van der Waals surface area contributed by atoms with E-state index in [1.807, 2.05) is 0 Å². The van der Waals surface area contributed by atoms with Crippen molar-refractivity contribution in [3.63, 3.8) is 0 Å². The third kappa shape index (κ3) is 4.30. The van der Waals surface area contributed by atoms with Crippen LogP contribution in [0.5, 0.6) is 0 Å². The van der Waals surface area contributed by atoms with Crippen molar-refractivity contribution in [1.29, 1.82) is 0 Å². The normalized spacial score (nSPS) is 39.6. The summed E-state index contributed by atoms with van der Waals surface area (Å²) in [5.41, 5.74) is 1.76. The molecule has 8 unspecified atom stereocenters. The van der Waals surface area contributed by atoms with Gasteiger partial charge in [0.05, 0.1) is 5.57 Å². The van der Waals surface area contributed by atoms with Crippen molar-refractivity contribution in [3.8, 4) is 0 Å². The minimum Gasteiger partial charge on any atom is -0.455 e. The molecule has 0 aromatic heterocycles. The van der Waals surface area contributed by atoms with Crippen LogP contribution in [-0.2, 0) is 9.53 Å². The molecule has 8 atom stereocenters. The molecule has 4 saturated carbocycles. The number of rotatable bonds is 9. The Hall–Kier alpha value is -1.05. The molecule has 2 nitrogen and oxygen atoms in total.